The van der Waals surface area contributed by atoms with E-state index in [0.29, 0.717) is 5.75 Å². The Hall–Kier alpha value is -0.990. The average Bonchev–Trinajstić information content (AvgIpc) is 2.73. The highest BCUT2D eigenvalue weighted by molar-refractivity contribution is 7.98. The lowest BCUT2D eigenvalue weighted by Crippen LogP contribution is -2.34. The summed E-state index contributed by atoms with van der Waals surface area (Å²) in [6.45, 7) is 5.37. The molecule has 114 valence electrons. The van der Waals surface area contributed by atoms with Crippen LogP contribution in [-0.4, -0.2) is 42.1 Å². The lowest BCUT2D eigenvalue weighted by molar-refractivity contribution is 0.0683. The minimum atomic E-state index is -3.70. The van der Waals surface area contributed by atoms with Crippen molar-refractivity contribution < 1.29 is 18.3 Å². The van der Waals surface area contributed by atoms with E-state index >= 15 is 0 Å². The first-order valence-electron chi connectivity index (χ1n) is 6.15. The molecular formula is C12H20N2O4S2. The zero-order chi connectivity index (χ0) is 15.5. The molecule has 2 N–H and O–H groups in total. The summed E-state index contributed by atoms with van der Waals surface area (Å²) in [6, 6.07) is 0.843. The number of carboxylic acids is 1. The van der Waals surface area contributed by atoms with Crippen LogP contribution < -0.4 is 4.72 Å². The zero-order valence-corrected chi connectivity index (χ0v) is 13.6. The molecule has 0 aliphatic heterocycles. The van der Waals surface area contributed by atoms with Gasteiger partial charge in [0.2, 0.25) is 10.0 Å². The maximum absolute atomic E-state index is 12.2. The van der Waals surface area contributed by atoms with Crippen LogP contribution in [0.25, 0.3) is 0 Å². The Balaban J connectivity index is 3.13. The summed E-state index contributed by atoms with van der Waals surface area (Å²) < 4.78 is 28.4. The van der Waals surface area contributed by atoms with Gasteiger partial charge in [-0.2, -0.15) is 11.8 Å². The molecule has 0 bridgehead atoms. The van der Waals surface area contributed by atoms with Crippen LogP contribution in [-0.2, 0) is 10.0 Å². The third kappa shape index (κ3) is 4.00. The predicted molar refractivity (Wildman–Crippen MR) is 79.9 cm³/mol. The van der Waals surface area contributed by atoms with Crippen molar-refractivity contribution in [3.8, 4) is 0 Å². The summed E-state index contributed by atoms with van der Waals surface area (Å²) >= 11 is 1.54. The van der Waals surface area contributed by atoms with Gasteiger partial charge >= 0.3 is 5.97 Å². The molecular weight excluding hydrogens is 300 g/mol. The fourth-order valence-electron chi connectivity index (χ4n) is 1.82. The molecule has 1 aromatic rings. The number of nitrogens with one attached hydrogen (secondary N) is 1. The molecule has 0 fully saturated rings. The third-order valence-electron chi connectivity index (χ3n) is 2.68. The van der Waals surface area contributed by atoms with Crippen LogP contribution in [0, 0.1) is 0 Å². The van der Waals surface area contributed by atoms with Gasteiger partial charge in [0, 0.05) is 24.0 Å². The Bertz CT molecular complexity index is 578. The van der Waals surface area contributed by atoms with Gasteiger partial charge in [-0.1, -0.05) is 0 Å². The van der Waals surface area contributed by atoms with Crippen LogP contribution in [0.4, 0.5) is 0 Å². The van der Waals surface area contributed by atoms with Crippen LogP contribution in [0.15, 0.2) is 17.2 Å². The summed E-state index contributed by atoms with van der Waals surface area (Å²) in [5.74, 6) is -0.493. The van der Waals surface area contributed by atoms with E-state index in [-0.39, 0.29) is 22.7 Å². The van der Waals surface area contributed by atoms with Gasteiger partial charge in [-0.25, -0.2) is 17.9 Å². The number of thioether (sulfide) groups is 1. The Labute approximate surface area is 123 Å². The molecule has 1 rings (SSSR count). The van der Waals surface area contributed by atoms with Crippen molar-refractivity contribution in [2.75, 3.05) is 12.0 Å². The Morgan fingerprint density at radius 1 is 1.45 bits per heavy atom. The first-order chi connectivity index (χ1) is 9.19. The molecule has 0 spiro atoms. The molecule has 8 heteroatoms. The van der Waals surface area contributed by atoms with Gasteiger partial charge in [0.15, 0.2) is 0 Å². The number of aromatic carboxylic acids is 1. The molecule has 6 nitrogen and oxygen atoms in total. The van der Waals surface area contributed by atoms with Crippen molar-refractivity contribution in [2.24, 2.45) is 0 Å². The minimum Gasteiger partial charge on any atom is -0.477 e. The summed E-state index contributed by atoms with van der Waals surface area (Å²) in [5.41, 5.74) is -0.0297. The molecule has 0 aromatic carbocycles. The van der Waals surface area contributed by atoms with Gasteiger partial charge in [0.05, 0.1) is 0 Å². The molecule has 0 amide bonds. The first kappa shape index (κ1) is 17.1. The number of nitrogens with zero attached hydrogens (tertiary/aromatic N) is 1. The summed E-state index contributed by atoms with van der Waals surface area (Å²) in [7, 11) is -3.70. The highest BCUT2D eigenvalue weighted by Gasteiger charge is 2.23. The molecule has 0 radical (unpaired) electrons. The van der Waals surface area contributed by atoms with E-state index in [2.05, 4.69) is 4.72 Å². The SMILES string of the molecule is CSCC(C)NS(=O)(=O)c1cc(C(=O)O)n(C(C)C)c1. The molecule has 0 saturated heterocycles. The van der Waals surface area contributed by atoms with Crippen molar-refractivity contribution in [3.63, 3.8) is 0 Å². The molecule has 20 heavy (non-hydrogen) atoms. The number of carbonyl (C=O) groups is 1. The molecule has 1 heterocycles. The van der Waals surface area contributed by atoms with Gasteiger partial charge in [0.25, 0.3) is 0 Å². The summed E-state index contributed by atoms with van der Waals surface area (Å²) in [4.78, 5) is 11.1. The van der Waals surface area contributed by atoms with Crippen molar-refractivity contribution in [1.82, 2.24) is 9.29 Å². The molecule has 1 unspecified atom stereocenters. The highest BCUT2D eigenvalue weighted by Crippen LogP contribution is 2.19. The molecule has 0 aliphatic rings. The number of sulfonamides is 1. The second kappa shape index (κ2) is 6.64. The molecule has 1 aromatic heterocycles. The topological polar surface area (TPSA) is 88.4 Å². The number of hydrogen-bond acceptors (Lipinski definition) is 4. The van der Waals surface area contributed by atoms with Crippen molar-refractivity contribution in [1.29, 1.82) is 0 Å². The Kier molecular flexibility index (Phi) is 5.67. The minimum absolute atomic E-state index is 0.0171. The van der Waals surface area contributed by atoms with Gasteiger partial charge < -0.3 is 9.67 Å². The van der Waals surface area contributed by atoms with E-state index in [1.807, 2.05) is 6.26 Å². The lowest BCUT2D eigenvalue weighted by Gasteiger charge is -2.12. The number of carboxylic acid groups (broad SMARTS) is 1. The van der Waals surface area contributed by atoms with Gasteiger partial charge in [-0.15, -0.1) is 0 Å². The molecule has 0 aliphatic carbocycles. The fraction of sp³-hybridized carbons (Fsp3) is 0.583. The van der Waals surface area contributed by atoms with Crippen molar-refractivity contribution in [2.45, 2.75) is 37.8 Å². The Morgan fingerprint density at radius 2 is 2.05 bits per heavy atom. The second-order valence-corrected chi connectivity index (χ2v) is 7.47. The van der Waals surface area contributed by atoms with E-state index < -0.39 is 16.0 Å². The monoisotopic (exact) mass is 320 g/mol. The van der Waals surface area contributed by atoms with Gasteiger partial charge in [-0.05, 0) is 33.1 Å². The van der Waals surface area contributed by atoms with Crippen LogP contribution >= 0.6 is 11.8 Å². The van der Waals surface area contributed by atoms with Crippen LogP contribution in [0.1, 0.15) is 37.3 Å². The average molecular weight is 320 g/mol. The van der Waals surface area contributed by atoms with Crippen LogP contribution in [0.5, 0.6) is 0 Å². The van der Waals surface area contributed by atoms with E-state index in [9.17, 15) is 13.2 Å². The van der Waals surface area contributed by atoms with E-state index in [1.54, 1.807) is 20.8 Å². The van der Waals surface area contributed by atoms with E-state index in [4.69, 9.17) is 5.11 Å². The number of aromatic nitrogens is 1. The maximum Gasteiger partial charge on any atom is 0.352 e. The highest BCUT2D eigenvalue weighted by atomic mass is 32.2. The standard InChI is InChI=1S/C12H20N2O4S2/c1-8(2)14-6-10(5-11(14)12(15)16)20(17,18)13-9(3)7-19-4/h5-6,8-9,13H,7H2,1-4H3,(H,15,16). The zero-order valence-electron chi connectivity index (χ0n) is 12.0. The summed E-state index contributed by atoms with van der Waals surface area (Å²) in [5, 5.41) is 9.12. The van der Waals surface area contributed by atoms with Gasteiger partial charge in [-0.3, -0.25) is 0 Å². The molecule has 0 saturated carbocycles. The second-order valence-electron chi connectivity index (χ2n) is 4.84. The lowest BCUT2D eigenvalue weighted by atomic mass is 10.3. The van der Waals surface area contributed by atoms with E-state index in [1.165, 1.54) is 28.6 Å². The first-order valence-corrected chi connectivity index (χ1v) is 9.03. The smallest absolute Gasteiger partial charge is 0.352 e. The largest absolute Gasteiger partial charge is 0.477 e. The van der Waals surface area contributed by atoms with Gasteiger partial charge in [0.1, 0.15) is 10.6 Å². The fourth-order valence-corrected chi connectivity index (χ4v) is 3.77. The third-order valence-corrected chi connectivity index (χ3v) is 5.07. The summed E-state index contributed by atoms with van der Waals surface area (Å²) in [6.07, 6.45) is 3.25. The van der Waals surface area contributed by atoms with Crippen molar-refractivity contribution >= 4 is 27.8 Å². The van der Waals surface area contributed by atoms with Crippen LogP contribution in [0.2, 0.25) is 0 Å². The molecule has 1 atom stereocenters. The number of rotatable bonds is 7. The normalized spacial score (nSPS) is 13.7. The Morgan fingerprint density at radius 3 is 2.45 bits per heavy atom. The van der Waals surface area contributed by atoms with E-state index in [0.717, 1.165) is 0 Å². The maximum atomic E-state index is 12.2. The number of hydrogen-bond donors (Lipinski definition) is 2. The van der Waals surface area contributed by atoms with Crippen molar-refractivity contribution in [3.05, 3.63) is 18.0 Å². The van der Waals surface area contributed by atoms with Crippen LogP contribution in [0.3, 0.4) is 0 Å². The quantitative estimate of drug-likeness (QED) is 0.800. The predicted octanol–water partition coefficient (Wildman–Crippen LogP) is 1.80.